The molecular weight excluding hydrogens is 281 g/mol. The van der Waals surface area contributed by atoms with Crippen molar-refractivity contribution in [3.63, 3.8) is 0 Å². The number of likely N-dealkylation sites (tertiary alicyclic amines) is 1. The molecule has 3 atom stereocenters. The number of hydrogen-bond donors (Lipinski definition) is 0. The van der Waals surface area contributed by atoms with Crippen molar-refractivity contribution in [2.75, 3.05) is 19.6 Å². The number of piperidine rings is 1. The van der Waals surface area contributed by atoms with Gasteiger partial charge >= 0.3 is 0 Å². The Hall–Kier alpha value is -1.32. The second-order valence-corrected chi connectivity index (χ2v) is 6.28. The summed E-state index contributed by atoms with van der Waals surface area (Å²) in [5, 5.41) is 12.9. The Labute approximate surface area is 128 Å². The van der Waals surface area contributed by atoms with Crippen molar-refractivity contribution in [2.24, 2.45) is 5.92 Å². The first-order valence-electron chi connectivity index (χ1n) is 7.50. The lowest BCUT2D eigenvalue weighted by Crippen LogP contribution is -2.50. The lowest BCUT2D eigenvalue weighted by atomic mass is 9.66. The third-order valence-corrected chi connectivity index (χ3v) is 4.98. The summed E-state index contributed by atoms with van der Waals surface area (Å²) in [5.74, 6) is 1.29. The fourth-order valence-electron chi connectivity index (χ4n) is 3.53. The molecule has 1 saturated heterocycles. The van der Waals surface area contributed by atoms with Crippen molar-refractivity contribution in [3.05, 3.63) is 41.7 Å². The van der Waals surface area contributed by atoms with E-state index in [1.54, 1.807) is 0 Å². The van der Waals surface area contributed by atoms with Gasteiger partial charge < -0.3 is 4.90 Å². The second kappa shape index (κ2) is 5.82. The van der Waals surface area contributed by atoms with Gasteiger partial charge in [-0.25, -0.2) is 0 Å². The van der Waals surface area contributed by atoms with Crippen LogP contribution in [0.1, 0.15) is 31.7 Å². The van der Waals surface area contributed by atoms with E-state index in [1.807, 2.05) is 0 Å². The lowest BCUT2D eigenvalue weighted by molar-refractivity contribution is 0.123. The molecule has 1 aliphatic rings. The van der Waals surface area contributed by atoms with Gasteiger partial charge in [-0.3, -0.25) is 0 Å². The molecule has 0 saturated carbocycles. The molecule has 2 aromatic rings. The van der Waals surface area contributed by atoms with Crippen LogP contribution in [0.25, 0.3) is 0 Å². The quantitative estimate of drug-likeness (QED) is 0.813. The molecule has 1 fully saturated rings. The van der Waals surface area contributed by atoms with Crippen LogP contribution in [0, 0.1) is 5.92 Å². The van der Waals surface area contributed by atoms with Crippen LogP contribution < -0.4 is 0 Å². The number of aromatic nitrogens is 4. The molecule has 0 amide bonds. The van der Waals surface area contributed by atoms with E-state index in [0.717, 1.165) is 31.9 Å². The summed E-state index contributed by atoms with van der Waals surface area (Å²) < 4.78 is 1.49. The van der Waals surface area contributed by atoms with Gasteiger partial charge in [-0.05, 0) is 36.2 Å². The first-order valence-corrected chi connectivity index (χ1v) is 8.02. The molecular formula is C15H22N5P. The second-order valence-electron chi connectivity index (χ2n) is 5.82. The Balaban J connectivity index is 2.08. The van der Waals surface area contributed by atoms with E-state index < -0.39 is 0 Å². The zero-order chi connectivity index (χ0) is 14.9. The molecule has 1 aromatic carbocycles. The fraction of sp³-hybridized carbons (Fsp3) is 0.533. The van der Waals surface area contributed by atoms with E-state index in [9.17, 15) is 0 Å². The molecule has 2 heterocycles. The van der Waals surface area contributed by atoms with Gasteiger partial charge in [-0.2, -0.15) is 4.57 Å². The van der Waals surface area contributed by atoms with Crippen molar-refractivity contribution in [2.45, 2.75) is 25.7 Å². The van der Waals surface area contributed by atoms with Gasteiger partial charge in [-0.1, -0.05) is 44.2 Å². The van der Waals surface area contributed by atoms with Crippen LogP contribution in [0.2, 0.25) is 0 Å². The van der Waals surface area contributed by atoms with Crippen molar-refractivity contribution < 1.29 is 0 Å². The maximum absolute atomic E-state index is 4.52. The molecule has 21 heavy (non-hydrogen) atoms. The molecule has 3 rings (SSSR count). The SMILES string of the molecule is CCN1CCC(c2ccccc2)(c2nnn(P)n2)C(C)C1. The molecule has 1 aromatic heterocycles. The van der Waals surface area contributed by atoms with E-state index >= 15 is 0 Å². The molecule has 1 aliphatic heterocycles. The summed E-state index contributed by atoms with van der Waals surface area (Å²) in [7, 11) is 2.47. The van der Waals surface area contributed by atoms with Crippen molar-refractivity contribution in [3.8, 4) is 0 Å². The van der Waals surface area contributed by atoms with E-state index in [2.05, 4.69) is 73.9 Å². The van der Waals surface area contributed by atoms with Gasteiger partial charge in [0, 0.05) is 15.9 Å². The fourth-order valence-corrected chi connectivity index (χ4v) is 3.69. The van der Waals surface area contributed by atoms with Crippen molar-refractivity contribution in [1.82, 2.24) is 24.9 Å². The summed E-state index contributed by atoms with van der Waals surface area (Å²) in [4.78, 5) is 2.50. The highest BCUT2D eigenvalue weighted by Crippen LogP contribution is 2.43. The molecule has 0 spiro atoms. The van der Waals surface area contributed by atoms with E-state index in [1.165, 1.54) is 10.1 Å². The largest absolute Gasteiger partial charge is 0.303 e. The van der Waals surface area contributed by atoms with Gasteiger partial charge in [0.15, 0.2) is 5.82 Å². The molecule has 3 unspecified atom stereocenters. The van der Waals surface area contributed by atoms with Crippen molar-refractivity contribution >= 4 is 9.39 Å². The van der Waals surface area contributed by atoms with Gasteiger partial charge in [0.25, 0.3) is 0 Å². The predicted octanol–water partition coefficient (Wildman–Crippen LogP) is 1.96. The highest BCUT2D eigenvalue weighted by molar-refractivity contribution is 7.14. The van der Waals surface area contributed by atoms with Crippen LogP contribution in [0.3, 0.4) is 0 Å². The van der Waals surface area contributed by atoms with Crippen LogP contribution in [-0.4, -0.2) is 44.5 Å². The minimum absolute atomic E-state index is 0.137. The third-order valence-electron chi connectivity index (χ3n) is 4.76. The summed E-state index contributed by atoms with van der Waals surface area (Å²) in [6.45, 7) is 7.76. The minimum Gasteiger partial charge on any atom is -0.303 e. The normalized spacial score (nSPS) is 26.9. The Bertz CT molecular complexity index is 599. The standard InChI is InChI=1S/C15H22N5P/c1-3-19-10-9-15(12(2)11-19,13-7-5-4-6-8-13)14-16-18-20(21)17-14/h4-8,12H,3,9-11,21H2,1-2H3. The number of hydrogen-bond acceptors (Lipinski definition) is 4. The minimum atomic E-state index is -0.137. The Morgan fingerprint density at radius 3 is 2.67 bits per heavy atom. The summed E-state index contributed by atoms with van der Waals surface area (Å²) in [6.07, 6.45) is 1.03. The zero-order valence-corrected chi connectivity index (χ0v) is 13.8. The smallest absolute Gasteiger partial charge is 0.185 e. The molecule has 6 heteroatoms. The average Bonchev–Trinajstić information content (AvgIpc) is 2.95. The summed E-state index contributed by atoms with van der Waals surface area (Å²) in [5.41, 5.74) is 1.16. The monoisotopic (exact) mass is 303 g/mol. The van der Waals surface area contributed by atoms with Crippen LogP contribution in [0.15, 0.2) is 30.3 Å². The molecule has 112 valence electrons. The van der Waals surface area contributed by atoms with E-state index in [-0.39, 0.29) is 5.41 Å². The molecule has 0 N–H and O–H groups in total. The first kappa shape index (κ1) is 14.6. The van der Waals surface area contributed by atoms with Gasteiger partial charge in [0.1, 0.15) is 0 Å². The van der Waals surface area contributed by atoms with E-state index in [0.29, 0.717) is 5.92 Å². The van der Waals surface area contributed by atoms with E-state index in [4.69, 9.17) is 0 Å². The van der Waals surface area contributed by atoms with Gasteiger partial charge in [-0.15, -0.1) is 10.2 Å². The maximum atomic E-state index is 4.52. The molecule has 0 bridgehead atoms. The lowest BCUT2D eigenvalue weighted by Gasteiger charge is -2.45. The van der Waals surface area contributed by atoms with Crippen LogP contribution in [-0.2, 0) is 5.41 Å². The third kappa shape index (κ3) is 2.49. The Kier molecular flexibility index (Phi) is 4.05. The Morgan fingerprint density at radius 1 is 1.33 bits per heavy atom. The molecule has 0 aliphatic carbocycles. The van der Waals surface area contributed by atoms with Crippen molar-refractivity contribution in [1.29, 1.82) is 0 Å². The number of nitrogens with zero attached hydrogens (tertiary/aromatic N) is 5. The van der Waals surface area contributed by atoms with Crippen LogP contribution in [0.5, 0.6) is 0 Å². The predicted molar refractivity (Wildman–Crippen MR) is 86.0 cm³/mol. The average molecular weight is 303 g/mol. The molecule has 5 nitrogen and oxygen atoms in total. The highest BCUT2D eigenvalue weighted by atomic mass is 31.0. The summed E-state index contributed by atoms with van der Waals surface area (Å²) >= 11 is 0. The number of tetrazole rings is 1. The maximum Gasteiger partial charge on any atom is 0.185 e. The highest BCUT2D eigenvalue weighted by Gasteiger charge is 2.46. The van der Waals surface area contributed by atoms with Gasteiger partial charge in [0.2, 0.25) is 0 Å². The first-order chi connectivity index (χ1) is 10.2. The number of benzene rings is 1. The Morgan fingerprint density at radius 2 is 2.10 bits per heavy atom. The summed E-state index contributed by atoms with van der Waals surface area (Å²) in [6, 6.07) is 10.6. The molecule has 0 radical (unpaired) electrons. The number of rotatable bonds is 3. The topological polar surface area (TPSA) is 46.8 Å². The zero-order valence-electron chi connectivity index (χ0n) is 12.6. The van der Waals surface area contributed by atoms with Crippen LogP contribution in [0.4, 0.5) is 0 Å². The van der Waals surface area contributed by atoms with Gasteiger partial charge in [0.05, 0.1) is 5.41 Å². The van der Waals surface area contributed by atoms with Crippen LogP contribution >= 0.6 is 9.39 Å².